The molecule has 1 N–H and O–H groups in total. The van der Waals surface area contributed by atoms with Gasteiger partial charge in [0.15, 0.2) is 0 Å². The van der Waals surface area contributed by atoms with Crippen LogP contribution in [0.5, 0.6) is 0 Å². The lowest BCUT2D eigenvalue weighted by Crippen LogP contribution is -2.13. The van der Waals surface area contributed by atoms with E-state index in [1.165, 1.54) is 12.3 Å². The van der Waals surface area contributed by atoms with E-state index in [4.69, 9.17) is 0 Å². The standard InChI is InChI=1S/C10H13FN2S/c11-9-3-8(5-13-6-9)10(14)7-1-2-12-4-7/h3,5-7,10,12,14H,1-2,4H2/t7-,10?/m0/s1. The molecule has 0 saturated carbocycles. The molecule has 1 aliphatic rings. The second-order valence-corrected chi connectivity index (χ2v) is 4.19. The van der Waals surface area contributed by atoms with Gasteiger partial charge in [0.05, 0.1) is 6.20 Å². The third kappa shape index (κ3) is 2.07. The maximum atomic E-state index is 12.9. The third-order valence-corrected chi connectivity index (χ3v) is 3.33. The van der Waals surface area contributed by atoms with Crippen LogP contribution in [-0.2, 0) is 0 Å². The zero-order valence-corrected chi connectivity index (χ0v) is 8.67. The Balaban J connectivity index is 2.13. The van der Waals surface area contributed by atoms with Crippen molar-refractivity contribution < 1.29 is 4.39 Å². The first kappa shape index (κ1) is 9.93. The lowest BCUT2D eigenvalue weighted by molar-refractivity contribution is 0.562. The summed E-state index contributed by atoms with van der Waals surface area (Å²) in [6, 6.07) is 1.52. The fourth-order valence-corrected chi connectivity index (χ4v) is 2.20. The van der Waals surface area contributed by atoms with E-state index in [0.29, 0.717) is 5.92 Å². The van der Waals surface area contributed by atoms with Gasteiger partial charge in [0.1, 0.15) is 5.82 Å². The van der Waals surface area contributed by atoms with E-state index in [9.17, 15) is 4.39 Å². The number of hydrogen-bond donors (Lipinski definition) is 2. The number of halogens is 1. The summed E-state index contributed by atoms with van der Waals surface area (Å²) >= 11 is 4.52. The van der Waals surface area contributed by atoms with Crippen LogP contribution in [0.2, 0.25) is 0 Å². The molecule has 1 fully saturated rings. The van der Waals surface area contributed by atoms with Crippen molar-refractivity contribution in [1.82, 2.24) is 10.3 Å². The van der Waals surface area contributed by atoms with Crippen LogP contribution in [0.4, 0.5) is 4.39 Å². The first-order valence-electron chi connectivity index (χ1n) is 4.76. The molecule has 1 aromatic heterocycles. The van der Waals surface area contributed by atoms with Gasteiger partial charge in [0, 0.05) is 11.4 Å². The molecule has 1 unspecified atom stereocenters. The van der Waals surface area contributed by atoms with Crippen LogP contribution in [0.25, 0.3) is 0 Å². The SMILES string of the molecule is Fc1cncc(C(S)[C@H]2CCNC2)c1. The zero-order valence-electron chi connectivity index (χ0n) is 7.78. The molecule has 1 aromatic rings. The van der Waals surface area contributed by atoms with Crippen molar-refractivity contribution in [1.29, 1.82) is 0 Å². The number of pyridine rings is 1. The van der Waals surface area contributed by atoms with Crippen LogP contribution in [0.1, 0.15) is 17.2 Å². The second kappa shape index (κ2) is 4.28. The summed E-state index contributed by atoms with van der Waals surface area (Å²) in [5.41, 5.74) is 0.877. The number of nitrogens with one attached hydrogen (secondary N) is 1. The molecular weight excluding hydrogens is 199 g/mol. The Labute approximate surface area is 88.3 Å². The average Bonchev–Trinajstić information content (AvgIpc) is 2.69. The Hall–Kier alpha value is -0.610. The Morgan fingerprint density at radius 1 is 1.57 bits per heavy atom. The van der Waals surface area contributed by atoms with Crippen LogP contribution < -0.4 is 5.32 Å². The van der Waals surface area contributed by atoms with Crippen molar-refractivity contribution in [2.75, 3.05) is 13.1 Å². The lowest BCUT2D eigenvalue weighted by Gasteiger charge is -2.17. The molecule has 0 aromatic carbocycles. The van der Waals surface area contributed by atoms with Gasteiger partial charge < -0.3 is 5.32 Å². The lowest BCUT2D eigenvalue weighted by atomic mass is 9.99. The largest absolute Gasteiger partial charge is 0.316 e. The first-order valence-corrected chi connectivity index (χ1v) is 5.28. The van der Waals surface area contributed by atoms with Crippen LogP contribution >= 0.6 is 12.6 Å². The summed E-state index contributed by atoms with van der Waals surface area (Å²) in [6.45, 7) is 2.00. The monoisotopic (exact) mass is 212 g/mol. The van der Waals surface area contributed by atoms with Crippen LogP contribution in [0.15, 0.2) is 18.5 Å². The van der Waals surface area contributed by atoms with Crippen molar-refractivity contribution in [3.05, 3.63) is 29.8 Å². The molecule has 0 radical (unpaired) electrons. The van der Waals surface area contributed by atoms with Gasteiger partial charge in [0.2, 0.25) is 0 Å². The molecule has 2 atom stereocenters. The van der Waals surface area contributed by atoms with E-state index < -0.39 is 0 Å². The predicted molar refractivity (Wildman–Crippen MR) is 56.9 cm³/mol. The fourth-order valence-electron chi connectivity index (χ4n) is 1.81. The van der Waals surface area contributed by atoms with E-state index >= 15 is 0 Å². The summed E-state index contributed by atoms with van der Waals surface area (Å²) in [6.07, 6.45) is 4.01. The van der Waals surface area contributed by atoms with Crippen molar-refractivity contribution in [2.24, 2.45) is 5.92 Å². The van der Waals surface area contributed by atoms with Crippen molar-refractivity contribution >= 4 is 12.6 Å². The quantitative estimate of drug-likeness (QED) is 0.731. The van der Waals surface area contributed by atoms with Gasteiger partial charge in [-0.1, -0.05) is 0 Å². The van der Waals surface area contributed by atoms with Crippen LogP contribution in [-0.4, -0.2) is 18.1 Å². The molecule has 14 heavy (non-hydrogen) atoms. The summed E-state index contributed by atoms with van der Waals surface area (Å²) < 4.78 is 12.9. The Kier molecular flexibility index (Phi) is 3.03. The van der Waals surface area contributed by atoms with E-state index in [-0.39, 0.29) is 11.1 Å². The molecule has 76 valence electrons. The highest BCUT2D eigenvalue weighted by Gasteiger charge is 2.23. The second-order valence-electron chi connectivity index (χ2n) is 3.63. The third-order valence-electron chi connectivity index (χ3n) is 2.61. The fraction of sp³-hybridized carbons (Fsp3) is 0.500. The maximum absolute atomic E-state index is 12.9. The summed E-state index contributed by atoms with van der Waals surface area (Å²) in [5.74, 6) is 0.203. The van der Waals surface area contributed by atoms with Crippen molar-refractivity contribution in [3.63, 3.8) is 0 Å². The molecule has 1 aliphatic heterocycles. The van der Waals surface area contributed by atoms with Crippen LogP contribution in [0.3, 0.4) is 0 Å². The molecule has 4 heteroatoms. The molecule has 1 saturated heterocycles. The van der Waals surface area contributed by atoms with Gasteiger partial charge in [-0.2, -0.15) is 12.6 Å². The molecule has 2 nitrogen and oxygen atoms in total. The van der Waals surface area contributed by atoms with Crippen molar-refractivity contribution in [3.8, 4) is 0 Å². The minimum Gasteiger partial charge on any atom is -0.316 e. The normalized spacial score (nSPS) is 23.7. The minimum atomic E-state index is -0.285. The van der Waals surface area contributed by atoms with Gasteiger partial charge in [-0.15, -0.1) is 0 Å². The highest BCUT2D eigenvalue weighted by atomic mass is 32.1. The average molecular weight is 212 g/mol. The maximum Gasteiger partial charge on any atom is 0.141 e. The highest BCUT2D eigenvalue weighted by Crippen LogP contribution is 2.31. The van der Waals surface area contributed by atoms with Crippen LogP contribution in [0, 0.1) is 11.7 Å². The van der Waals surface area contributed by atoms with E-state index in [2.05, 4.69) is 22.9 Å². The summed E-state index contributed by atoms with van der Waals surface area (Å²) in [7, 11) is 0. The summed E-state index contributed by atoms with van der Waals surface area (Å²) in [4.78, 5) is 3.83. The molecule has 0 amide bonds. The molecule has 2 heterocycles. The summed E-state index contributed by atoms with van der Waals surface area (Å²) in [5, 5.41) is 3.37. The zero-order chi connectivity index (χ0) is 9.97. The first-order chi connectivity index (χ1) is 6.77. The highest BCUT2D eigenvalue weighted by molar-refractivity contribution is 7.80. The Morgan fingerprint density at radius 3 is 3.07 bits per heavy atom. The minimum absolute atomic E-state index is 0.0909. The van der Waals surface area contributed by atoms with Gasteiger partial charge in [-0.05, 0) is 37.1 Å². The van der Waals surface area contributed by atoms with Gasteiger partial charge in [0.25, 0.3) is 0 Å². The van der Waals surface area contributed by atoms with E-state index in [1.807, 2.05) is 0 Å². The number of thiol groups is 1. The van der Waals surface area contributed by atoms with E-state index in [1.54, 1.807) is 6.20 Å². The van der Waals surface area contributed by atoms with E-state index in [0.717, 1.165) is 25.1 Å². The Morgan fingerprint density at radius 2 is 2.43 bits per heavy atom. The topological polar surface area (TPSA) is 24.9 Å². The molecule has 0 aliphatic carbocycles. The Bertz CT molecular complexity index is 313. The smallest absolute Gasteiger partial charge is 0.141 e. The van der Waals surface area contributed by atoms with Gasteiger partial charge >= 0.3 is 0 Å². The van der Waals surface area contributed by atoms with Crippen molar-refractivity contribution in [2.45, 2.75) is 11.7 Å². The number of hydrogen-bond acceptors (Lipinski definition) is 3. The van der Waals surface area contributed by atoms with Gasteiger partial charge in [-0.3, -0.25) is 4.98 Å². The number of nitrogens with zero attached hydrogens (tertiary/aromatic N) is 1. The molecule has 0 spiro atoms. The number of aromatic nitrogens is 1. The molecule has 2 rings (SSSR count). The van der Waals surface area contributed by atoms with Gasteiger partial charge in [-0.25, -0.2) is 4.39 Å². The molecule has 0 bridgehead atoms. The number of rotatable bonds is 2. The molecular formula is C10H13FN2S. The predicted octanol–water partition coefficient (Wildman–Crippen LogP) is 1.80.